The molecule has 2 aromatic heterocycles. The summed E-state index contributed by atoms with van der Waals surface area (Å²) >= 11 is 0. The topological polar surface area (TPSA) is 75.6 Å². The first-order chi connectivity index (χ1) is 27.1. The van der Waals surface area contributed by atoms with E-state index < -0.39 is 0 Å². The van der Waals surface area contributed by atoms with Gasteiger partial charge in [-0.15, -0.1) is 0 Å². The van der Waals surface area contributed by atoms with Crippen LogP contribution in [0, 0.1) is 29.1 Å². The van der Waals surface area contributed by atoms with Gasteiger partial charge < -0.3 is 4.42 Å². The average molecular weight is 711 g/mol. The normalized spacial score (nSPS) is 21.3. The summed E-state index contributed by atoms with van der Waals surface area (Å²) in [4.78, 5) is 15.3. The van der Waals surface area contributed by atoms with Crippen LogP contribution in [0.5, 0.6) is 0 Å². The second kappa shape index (κ2) is 12.6. The molecule has 0 saturated heterocycles. The highest BCUT2D eigenvalue weighted by Crippen LogP contribution is 2.60. The molecule has 4 aliphatic carbocycles. The molecule has 55 heavy (non-hydrogen) atoms. The summed E-state index contributed by atoms with van der Waals surface area (Å²) in [6, 6.07) is 50.6. The number of fused-ring (bicyclic) bond motifs is 3. The first-order valence-electron chi connectivity index (χ1n) is 19.6. The molecule has 0 spiro atoms. The Balaban J connectivity index is 0.949. The van der Waals surface area contributed by atoms with Crippen molar-refractivity contribution in [1.29, 1.82) is 5.26 Å². The Labute approximate surface area is 320 Å². The molecule has 0 aliphatic heterocycles. The molecule has 4 bridgehead atoms. The summed E-state index contributed by atoms with van der Waals surface area (Å²) in [5.41, 5.74) is 11.3. The van der Waals surface area contributed by atoms with Gasteiger partial charge in [0.1, 0.15) is 11.2 Å². The lowest BCUT2D eigenvalue weighted by atomic mass is 9.48. The summed E-state index contributed by atoms with van der Waals surface area (Å²) in [5, 5.41) is 11.4. The Bertz CT molecular complexity index is 2760. The molecule has 0 unspecified atom stereocenters. The predicted octanol–water partition coefficient (Wildman–Crippen LogP) is 12.4. The molecule has 0 amide bonds. The molecule has 4 aliphatic rings. The van der Waals surface area contributed by atoms with Crippen molar-refractivity contribution in [2.45, 2.75) is 43.9 Å². The number of nitrogens with zero attached hydrogens (tertiary/aromatic N) is 4. The van der Waals surface area contributed by atoms with Gasteiger partial charge in [0.15, 0.2) is 17.5 Å². The second-order valence-corrected chi connectivity index (χ2v) is 16.2. The Morgan fingerprint density at radius 2 is 1.02 bits per heavy atom. The molecule has 4 saturated carbocycles. The van der Waals surface area contributed by atoms with E-state index in [-0.39, 0.29) is 0 Å². The lowest BCUT2D eigenvalue weighted by Gasteiger charge is -2.57. The Morgan fingerprint density at radius 3 is 1.69 bits per heavy atom. The maximum absolute atomic E-state index is 9.35. The molecular weight excluding hydrogens is 673 g/mol. The second-order valence-electron chi connectivity index (χ2n) is 16.2. The minimum Gasteiger partial charge on any atom is -0.456 e. The Morgan fingerprint density at radius 1 is 0.491 bits per heavy atom. The number of hydrogen-bond donors (Lipinski definition) is 0. The summed E-state index contributed by atoms with van der Waals surface area (Å²) < 4.78 is 6.18. The van der Waals surface area contributed by atoms with Crippen molar-refractivity contribution >= 4 is 21.9 Å². The molecule has 0 N–H and O–H groups in total. The van der Waals surface area contributed by atoms with Crippen LogP contribution in [0.1, 0.15) is 49.7 Å². The van der Waals surface area contributed by atoms with E-state index in [1.807, 2.05) is 30.3 Å². The van der Waals surface area contributed by atoms with E-state index in [9.17, 15) is 5.26 Å². The minimum atomic E-state index is 0.374. The number of benzene rings is 6. The quantitative estimate of drug-likeness (QED) is 0.172. The van der Waals surface area contributed by atoms with Crippen LogP contribution in [0.2, 0.25) is 0 Å². The lowest BCUT2D eigenvalue weighted by molar-refractivity contribution is -0.00518. The minimum absolute atomic E-state index is 0.374. The zero-order valence-corrected chi connectivity index (χ0v) is 30.5. The third-order valence-corrected chi connectivity index (χ3v) is 12.8. The maximum Gasteiger partial charge on any atom is 0.164 e. The molecule has 264 valence electrons. The van der Waals surface area contributed by atoms with Gasteiger partial charge in [0.25, 0.3) is 0 Å². The highest BCUT2D eigenvalue weighted by molar-refractivity contribution is 6.06. The van der Waals surface area contributed by atoms with Gasteiger partial charge in [-0.1, -0.05) is 109 Å². The molecule has 5 heteroatoms. The Kier molecular flexibility index (Phi) is 7.35. The SMILES string of the molecule is N#Cc1ccc2c(c1)oc1cc(-c3ccc(-c4nc(-c5ccccc5)nc(-c5ccccc5-c5ccc(C67CC8CC(CC(C8)C6)C7)cc5)n4)cc3)ccc12. The molecule has 0 radical (unpaired) electrons. The molecule has 0 atom stereocenters. The highest BCUT2D eigenvalue weighted by Gasteiger charge is 2.51. The van der Waals surface area contributed by atoms with Crippen LogP contribution in [0.15, 0.2) is 144 Å². The van der Waals surface area contributed by atoms with Crippen LogP contribution < -0.4 is 0 Å². The van der Waals surface area contributed by atoms with Gasteiger partial charge in [0.05, 0.1) is 11.6 Å². The molecule has 8 aromatic rings. The van der Waals surface area contributed by atoms with Gasteiger partial charge in [0.2, 0.25) is 0 Å². The van der Waals surface area contributed by atoms with Crippen molar-refractivity contribution < 1.29 is 4.42 Å². The fourth-order valence-electron chi connectivity index (χ4n) is 10.6. The summed E-state index contributed by atoms with van der Waals surface area (Å²) in [7, 11) is 0. The third-order valence-electron chi connectivity index (χ3n) is 12.8. The smallest absolute Gasteiger partial charge is 0.164 e. The molecule has 5 nitrogen and oxygen atoms in total. The van der Waals surface area contributed by atoms with Crippen molar-refractivity contribution in [3.63, 3.8) is 0 Å². The predicted molar refractivity (Wildman–Crippen MR) is 219 cm³/mol. The van der Waals surface area contributed by atoms with E-state index in [1.165, 1.54) is 49.7 Å². The summed E-state index contributed by atoms with van der Waals surface area (Å²) in [5.74, 6) is 4.70. The van der Waals surface area contributed by atoms with Crippen molar-refractivity contribution in [1.82, 2.24) is 15.0 Å². The van der Waals surface area contributed by atoms with E-state index in [0.29, 0.717) is 28.5 Å². The van der Waals surface area contributed by atoms with Gasteiger partial charge in [-0.3, -0.25) is 0 Å². The lowest BCUT2D eigenvalue weighted by Crippen LogP contribution is -2.48. The van der Waals surface area contributed by atoms with Crippen molar-refractivity contribution in [2.75, 3.05) is 0 Å². The van der Waals surface area contributed by atoms with Crippen LogP contribution in [-0.4, -0.2) is 15.0 Å². The number of hydrogen-bond acceptors (Lipinski definition) is 5. The van der Waals surface area contributed by atoms with E-state index >= 15 is 0 Å². The van der Waals surface area contributed by atoms with Crippen molar-refractivity contribution in [2.24, 2.45) is 17.8 Å². The van der Waals surface area contributed by atoms with Crippen LogP contribution in [0.4, 0.5) is 0 Å². The summed E-state index contributed by atoms with van der Waals surface area (Å²) in [6.07, 6.45) is 8.48. The van der Waals surface area contributed by atoms with E-state index in [1.54, 1.807) is 6.07 Å². The number of rotatable bonds is 6. The van der Waals surface area contributed by atoms with Crippen LogP contribution in [-0.2, 0) is 5.41 Å². The van der Waals surface area contributed by atoms with Gasteiger partial charge in [-0.05, 0) is 120 Å². The van der Waals surface area contributed by atoms with E-state index in [0.717, 1.165) is 73.1 Å². The monoisotopic (exact) mass is 710 g/mol. The fourth-order valence-corrected chi connectivity index (χ4v) is 10.6. The van der Waals surface area contributed by atoms with Crippen molar-refractivity contribution in [3.05, 3.63) is 151 Å². The highest BCUT2D eigenvalue weighted by atomic mass is 16.3. The van der Waals surface area contributed by atoms with Gasteiger partial charge in [-0.25, -0.2) is 15.0 Å². The summed E-state index contributed by atoms with van der Waals surface area (Å²) in [6.45, 7) is 0. The largest absolute Gasteiger partial charge is 0.456 e. The van der Waals surface area contributed by atoms with Gasteiger partial charge in [0, 0.05) is 27.5 Å². The first kappa shape index (κ1) is 32.1. The maximum atomic E-state index is 9.35. The number of aromatic nitrogens is 3. The number of nitriles is 1. The van der Waals surface area contributed by atoms with E-state index in [4.69, 9.17) is 19.4 Å². The molecule has 6 aromatic carbocycles. The zero-order valence-electron chi connectivity index (χ0n) is 30.5. The van der Waals surface area contributed by atoms with Crippen LogP contribution in [0.25, 0.3) is 78.4 Å². The van der Waals surface area contributed by atoms with E-state index in [2.05, 4.69) is 109 Å². The van der Waals surface area contributed by atoms with Gasteiger partial charge in [-0.2, -0.15) is 5.26 Å². The van der Waals surface area contributed by atoms with Gasteiger partial charge >= 0.3 is 0 Å². The molecule has 12 rings (SSSR count). The Hall–Kier alpha value is -6.38. The average Bonchev–Trinajstić information content (AvgIpc) is 3.60. The molecular formula is C50H38N4O. The number of furan rings is 1. The molecule has 2 heterocycles. The zero-order chi connectivity index (χ0) is 36.5. The van der Waals surface area contributed by atoms with Crippen LogP contribution >= 0.6 is 0 Å². The first-order valence-corrected chi connectivity index (χ1v) is 19.6. The van der Waals surface area contributed by atoms with Crippen LogP contribution in [0.3, 0.4) is 0 Å². The fraction of sp³-hybridized carbons (Fsp3) is 0.200. The standard InChI is InChI=1S/C50H38N4O/c51-30-31-10-20-42-43-21-17-39(26-46(43)55-45(42)25-31)35-11-13-38(14-12-35)48-52-47(37-6-2-1-3-7-37)53-49(54-48)44-9-5-4-8-41(44)36-15-18-40(19-16-36)50-27-32-22-33(28-50)24-34(23-32)29-50/h1-21,25-26,32-34H,22-24,27-29H2. The third kappa shape index (κ3) is 5.55. The molecule has 4 fully saturated rings. The van der Waals surface area contributed by atoms with Crippen molar-refractivity contribution in [3.8, 4) is 62.5 Å².